The number of halogens is 1. The number of carbonyl (C=O) groups is 2. The Labute approximate surface area is 153 Å². The lowest BCUT2D eigenvalue weighted by Gasteiger charge is -2.38. The standard InChI is InChI=1S/C18H25ClN4O2/c1-2-17(24)22-9-11-23(12-10-22)18(25)14-5-7-21(8-6-14)16-4-3-15(19)13-20-16/h3-4,13-14H,2,5-12H2,1H3. The molecule has 0 unspecified atom stereocenters. The zero-order valence-electron chi connectivity index (χ0n) is 14.7. The Kier molecular flexibility index (Phi) is 5.78. The molecule has 6 nitrogen and oxygen atoms in total. The third kappa shape index (κ3) is 4.24. The molecule has 2 amide bonds. The maximum Gasteiger partial charge on any atom is 0.225 e. The van der Waals surface area contributed by atoms with Gasteiger partial charge in [0.05, 0.1) is 5.02 Å². The minimum atomic E-state index is 0.0805. The summed E-state index contributed by atoms with van der Waals surface area (Å²) >= 11 is 5.88. The number of piperidine rings is 1. The molecule has 0 bridgehead atoms. The van der Waals surface area contributed by atoms with E-state index >= 15 is 0 Å². The lowest BCUT2D eigenvalue weighted by atomic mass is 9.95. The fourth-order valence-corrected chi connectivity index (χ4v) is 3.68. The number of carbonyl (C=O) groups excluding carboxylic acids is 2. The van der Waals surface area contributed by atoms with Crippen LogP contribution in [0.5, 0.6) is 0 Å². The van der Waals surface area contributed by atoms with Crippen LogP contribution in [0.2, 0.25) is 5.02 Å². The highest BCUT2D eigenvalue weighted by Crippen LogP contribution is 2.24. The predicted molar refractivity (Wildman–Crippen MR) is 97.6 cm³/mol. The molecule has 0 aromatic carbocycles. The van der Waals surface area contributed by atoms with E-state index in [2.05, 4.69) is 9.88 Å². The van der Waals surface area contributed by atoms with E-state index in [1.807, 2.05) is 28.9 Å². The van der Waals surface area contributed by atoms with Gasteiger partial charge in [0.2, 0.25) is 11.8 Å². The molecule has 0 saturated carbocycles. The molecule has 3 rings (SSSR count). The van der Waals surface area contributed by atoms with Crippen LogP contribution in [0.25, 0.3) is 0 Å². The molecule has 136 valence electrons. The zero-order chi connectivity index (χ0) is 17.8. The molecule has 0 spiro atoms. The fourth-order valence-electron chi connectivity index (χ4n) is 3.57. The van der Waals surface area contributed by atoms with Crippen molar-refractivity contribution in [3.63, 3.8) is 0 Å². The highest BCUT2D eigenvalue weighted by molar-refractivity contribution is 6.30. The minimum Gasteiger partial charge on any atom is -0.357 e. The number of anilines is 1. The second-order valence-electron chi connectivity index (χ2n) is 6.66. The van der Waals surface area contributed by atoms with E-state index in [-0.39, 0.29) is 17.7 Å². The number of amides is 2. The molecule has 7 heteroatoms. The van der Waals surface area contributed by atoms with Gasteiger partial charge in [-0.2, -0.15) is 0 Å². The Hall–Kier alpha value is -1.82. The van der Waals surface area contributed by atoms with Crippen LogP contribution in [0.3, 0.4) is 0 Å². The molecule has 3 heterocycles. The summed E-state index contributed by atoms with van der Waals surface area (Å²) in [5.74, 6) is 1.42. The van der Waals surface area contributed by atoms with Gasteiger partial charge in [0.1, 0.15) is 5.82 Å². The first-order valence-corrected chi connectivity index (χ1v) is 9.39. The van der Waals surface area contributed by atoms with Crippen LogP contribution in [0.4, 0.5) is 5.82 Å². The average Bonchev–Trinajstić information content (AvgIpc) is 2.67. The predicted octanol–water partition coefficient (Wildman–Crippen LogP) is 2.03. The average molecular weight is 365 g/mol. The number of nitrogens with zero attached hydrogens (tertiary/aromatic N) is 4. The van der Waals surface area contributed by atoms with Gasteiger partial charge < -0.3 is 14.7 Å². The summed E-state index contributed by atoms with van der Waals surface area (Å²) in [6.45, 7) is 6.17. The monoisotopic (exact) mass is 364 g/mol. The van der Waals surface area contributed by atoms with Crippen molar-refractivity contribution in [1.82, 2.24) is 14.8 Å². The summed E-state index contributed by atoms with van der Waals surface area (Å²) in [7, 11) is 0. The molecule has 0 atom stereocenters. The van der Waals surface area contributed by atoms with E-state index in [9.17, 15) is 9.59 Å². The third-order valence-electron chi connectivity index (χ3n) is 5.13. The van der Waals surface area contributed by atoms with Crippen LogP contribution in [-0.2, 0) is 9.59 Å². The van der Waals surface area contributed by atoms with Gasteiger partial charge in [-0.05, 0) is 25.0 Å². The van der Waals surface area contributed by atoms with Crippen molar-refractivity contribution in [2.24, 2.45) is 5.92 Å². The van der Waals surface area contributed by atoms with Crippen molar-refractivity contribution >= 4 is 29.2 Å². The molecule has 0 aliphatic carbocycles. The van der Waals surface area contributed by atoms with E-state index < -0.39 is 0 Å². The Bertz CT molecular complexity index is 606. The first-order chi connectivity index (χ1) is 12.1. The zero-order valence-corrected chi connectivity index (χ0v) is 15.4. The Morgan fingerprint density at radius 3 is 2.28 bits per heavy atom. The highest BCUT2D eigenvalue weighted by Gasteiger charge is 2.31. The first kappa shape index (κ1) is 18.0. The fraction of sp³-hybridized carbons (Fsp3) is 0.611. The quantitative estimate of drug-likeness (QED) is 0.823. The van der Waals surface area contributed by atoms with Crippen LogP contribution < -0.4 is 4.90 Å². The van der Waals surface area contributed by atoms with Crippen molar-refractivity contribution in [2.75, 3.05) is 44.2 Å². The molecule has 1 aromatic rings. The van der Waals surface area contributed by atoms with Crippen molar-refractivity contribution in [3.8, 4) is 0 Å². The van der Waals surface area contributed by atoms with Crippen molar-refractivity contribution in [2.45, 2.75) is 26.2 Å². The molecule has 2 aliphatic heterocycles. The van der Waals surface area contributed by atoms with Gasteiger partial charge in [0.15, 0.2) is 0 Å². The number of aromatic nitrogens is 1. The van der Waals surface area contributed by atoms with Gasteiger partial charge in [-0.3, -0.25) is 9.59 Å². The molecule has 0 N–H and O–H groups in total. The smallest absolute Gasteiger partial charge is 0.225 e. The van der Waals surface area contributed by atoms with Crippen LogP contribution in [0.15, 0.2) is 18.3 Å². The summed E-state index contributed by atoms with van der Waals surface area (Å²) in [6, 6.07) is 3.77. The SMILES string of the molecule is CCC(=O)N1CCN(C(=O)C2CCN(c3ccc(Cl)cn3)CC2)CC1. The molecule has 2 aliphatic rings. The summed E-state index contributed by atoms with van der Waals surface area (Å²) in [5.41, 5.74) is 0. The molecule has 25 heavy (non-hydrogen) atoms. The molecule has 2 saturated heterocycles. The lowest BCUT2D eigenvalue weighted by molar-refractivity contribution is -0.142. The van der Waals surface area contributed by atoms with Gasteiger partial charge in [0.25, 0.3) is 0 Å². The Morgan fingerprint density at radius 1 is 1.08 bits per heavy atom. The Balaban J connectivity index is 1.49. The highest BCUT2D eigenvalue weighted by atomic mass is 35.5. The van der Waals surface area contributed by atoms with Crippen molar-refractivity contribution in [1.29, 1.82) is 0 Å². The van der Waals surface area contributed by atoms with Gasteiger partial charge in [-0.15, -0.1) is 0 Å². The molecular formula is C18H25ClN4O2. The van der Waals surface area contributed by atoms with Gasteiger partial charge in [-0.25, -0.2) is 4.98 Å². The van der Waals surface area contributed by atoms with Crippen molar-refractivity contribution in [3.05, 3.63) is 23.4 Å². The minimum absolute atomic E-state index is 0.0805. The summed E-state index contributed by atoms with van der Waals surface area (Å²) in [5, 5.41) is 0.634. The number of piperazine rings is 1. The lowest BCUT2D eigenvalue weighted by Crippen LogP contribution is -2.52. The van der Waals surface area contributed by atoms with Crippen LogP contribution >= 0.6 is 11.6 Å². The van der Waals surface area contributed by atoms with E-state index in [0.29, 0.717) is 37.6 Å². The maximum absolute atomic E-state index is 12.8. The number of pyridine rings is 1. The van der Waals surface area contributed by atoms with Gasteiger partial charge >= 0.3 is 0 Å². The van der Waals surface area contributed by atoms with Crippen LogP contribution in [0.1, 0.15) is 26.2 Å². The van der Waals surface area contributed by atoms with Crippen LogP contribution in [-0.4, -0.2) is 65.9 Å². The van der Waals surface area contributed by atoms with E-state index in [1.54, 1.807) is 6.20 Å². The second-order valence-corrected chi connectivity index (χ2v) is 7.09. The number of hydrogen-bond donors (Lipinski definition) is 0. The number of rotatable bonds is 3. The first-order valence-electron chi connectivity index (χ1n) is 9.01. The molecule has 2 fully saturated rings. The van der Waals surface area contributed by atoms with E-state index in [4.69, 9.17) is 11.6 Å². The van der Waals surface area contributed by atoms with Gasteiger partial charge in [0, 0.05) is 57.8 Å². The summed E-state index contributed by atoms with van der Waals surface area (Å²) < 4.78 is 0. The summed E-state index contributed by atoms with van der Waals surface area (Å²) in [4.78, 5) is 34.9. The van der Waals surface area contributed by atoms with Gasteiger partial charge in [-0.1, -0.05) is 18.5 Å². The van der Waals surface area contributed by atoms with E-state index in [0.717, 1.165) is 31.7 Å². The second kappa shape index (κ2) is 8.04. The van der Waals surface area contributed by atoms with E-state index in [1.165, 1.54) is 0 Å². The van der Waals surface area contributed by atoms with Crippen molar-refractivity contribution < 1.29 is 9.59 Å². The molecule has 0 radical (unpaired) electrons. The largest absolute Gasteiger partial charge is 0.357 e. The maximum atomic E-state index is 12.8. The number of hydrogen-bond acceptors (Lipinski definition) is 4. The Morgan fingerprint density at radius 2 is 1.72 bits per heavy atom. The third-order valence-corrected chi connectivity index (χ3v) is 5.35. The topological polar surface area (TPSA) is 56.8 Å². The normalized spacial score (nSPS) is 19.2. The summed E-state index contributed by atoms with van der Waals surface area (Å²) in [6.07, 6.45) is 3.88. The molecule has 1 aromatic heterocycles. The molecular weight excluding hydrogens is 340 g/mol. The van der Waals surface area contributed by atoms with Crippen LogP contribution in [0, 0.1) is 5.92 Å².